The SMILES string of the molecule is C=C(C)OC(=O)CCCC(=O)O. The molecular formula is C8H12O4. The van der Waals surface area contributed by atoms with Crippen LogP contribution in [0, 0.1) is 0 Å². The molecule has 0 aromatic rings. The Balaban J connectivity index is 3.44. The summed E-state index contributed by atoms with van der Waals surface area (Å²) < 4.78 is 4.61. The average molecular weight is 172 g/mol. The first-order valence-corrected chi connectivity index (χ1v) is 3.60. The molecule has 0 aliphatic rings. The highest BCUT2D eigenvalue weighted by molar-refractivity contribution is 5.72. The van der Waals surface area contributed by atoms with Crippen molar-refractivity contribution in [2.75, 3.05) is 0 Å². The number of hydrogen-bond donors (Lipinski definition) is 1. The minimum Gasteiger partial charge on any atom is -0.481 e. The van der Waals surface area contributed by atoms with Gasteiger partial charge in [-0.25, -0.2) is 0 Å². The van der Waals surface area contributed by atoms with Gasteiger partial charge in [-0.3, -0.25) is 9.59 Å². The van der Waals surface area contributed by atoms with E-state index in [0.717, 1.165) is 0 Å². The Kier molecular flexibility index (Phi) is 4.76. The van der Waals surface area contributed by atoms with Gasteiger partial charge in [-0.2, -0.15) is 0 Å². The minimum absolute atomic E-state index is 0.00864. The quantitative estimate of drug-likeness (QED) is 0.501. The smallest absolute Gasteiger partial charge is 0.310 e. The normalized spacial score (nSPS) is 9.08. The number of hydrogen-bond acceptors (Lipinski definition) is 3. The van der Waals surface area contributed by atoms with E-state index in [1.807, 2.05) is 0 Å². The van der Waals surface area contributed by atoms with Gasteiger partial charge in [0.1, 0.15) is 0 Å². The predicted molar refractivity (Wildman–Crippen MR) is 42.4 cm³/mol. The topological polar surface area (TPSA) is 63.6 Å². The molecule has 0 atom stereocenters. The summed E-state index contributed by atoms with van der Waals surface area (Å²) in [6.45, 7) is 4.94. The summed E-state index contributed by atoms with van der Waals surface area (Å²) >= 11 is 0. The van der Waals surface area contributed by atoms with E-state index in [1.165, 1.54) is 0 Å². The first-order chi connectivity index (χ1) is 5.52. The molecular weight excluding hydrogens is 160 g/mol. The summed E-state index contributed by atoms with van der Waals surface area (Å²) in [5.74, 6) is -1.00. The van der Waals surface area contributed by atoms with Gasteiger partial charge in [-0.05, 0) is 13.3 Å². The number of esters is 1. The Labute approximate surface area is 70.8 Å². The first-order valence-electron chi connectivity index (χ1n) is 3.60. The maximum atomic E-state index is 10.8. The van der Waals surface area contributed by atoms with Crippen LogP contribution in [0.25, 0.3) is 0 Å². The van der Waals surface area contributed by atoms with Crippen molar-refractivity contribution in [2.45, 2.75) is 26.2 Å². The predicted octanol–water partition coefficient (Wildman–Crippen LogP) is 1.32. The third kappa shape index (κ3) is 6.80. The Bertz CT molecular complexity index is 195. The lowest BCUT2D eigenvalue weighted by atomic mass is 10.2. The molecule has 0 rings (SSSR count). The Morgan fingerprint density at radius 3 is 2.42 bits per heavy atom. The molecule has 0 heterocycles. The highest BCUT2D eigenvalue weighted by Gasteiger charge is 2.04. The van der Waals surface area contributed by atoms with Gasteiger partial charge in [0.2, 0.25) is 0 Å². The van der Waals surface area contributed by atoms with Crippen molar-refractivity contribution in [2.24, 2.45) is 0 Å². The van der Waals surface area contributed by atoms with E-state index in [1.54, 1.807) is 6.92 Å². The van der Waals surface area contributed by atoms with Crippen LogP contribution < -0.4 is 0 Å². The third-order valence-corrected chi connectivity index (χ3v) is 1.06. The molecule has 0 bridgehead atoms. The Hall–Kier alpha value is -1.32. The molecule has 0 radical (unpaired) electrons. The minimum atomic E-state index is -0.905. The molecule has 1 N–H and O–H groups in total. The molecule has 4 heteroatoms. The zero-order valence-corrected chi connectivity index (χ0v) is 7.00. The van der Waals surface area contributed by atoms with E-state index in [-0.39, 0.29) is 12.8 Å². The van der Waals surface area contributed by atoms with E-state index in [4.69, 9.17) is 5.11 Å². The van der Waals surface area contributed by atoms with Gasteiger partial charge >= 0.3 is 11.9 Å². The molecule has 68 valence electrons. The van der Waals surface area contributed by atoms with Crippen LogP contribution in [0.2, 0.25) is 0 Å². The van der Waals surface area contributed by atoms with Gasteiger partial charge in [-0.1, -0.05) is 6.58 Å². The van der Waals surface area contributed by atoms with E-state index in [0.29, 0.717) is 12.2 Å². The molecule has 4 nitrogen and oxygen atoms in total. The largest absolute Gasteiger partial charge is 0.481 e. The summed E-state index contributed by atoms with van der Waals surface area (Å²) in [4.78, 5) is 20.8. The standard InChI is InChI=1S/C8H12O4/c1-6(2)12-8(11)5-3-4-7(9)10/h1,3-5H2,2H3,(H,9,10). The molecule has 0 amide bonds. The van der Waals surface area contributed by atoms with Gasteiger partial charge in [0.25, 0.3) is 0 Å². The van der Waals surface area contributed by atoms with Crippen molar-refractivity contribution in [3.05, 3.63) is 12.3 Å². The monoisotopic (exact) mass is 172 g/mol. The molecule has 0 aromatic carbocycles. The number of rotatable bonds is 5. The van der Waals surface area contributed by atoms with Gasteiger partial charge < -0.3 is 9.84 Å². The van der Waals surface area contributed by atoms with Crippen molar-refractivity contribution >= 4 is 11.9 Å². The fraction of sp³-hybridized carbons (Fsp3) is 0.500. The van der Waals surface area contributed by atoms with Crippen molar-refractivity contribution in [3.63, 3.8) is 0 Å². The molecule has 0 unspecified atom stereocenters. The van der Waals surface area contributed by atoms with Crippen LogP contribution >= 0.6 is 0 Å². The number of aliphatic carboxylic acids is 1. The molecule has 0 saturated carbocycles. The van der Waals surface area contributed by atoms with Crippen molar-refractivity contribution in [1.29, 1.82) is 0 Å². The molecule has 0 fully saturated rings. The molecule has 0 aliphatic heterocycles. The summed E-state index contributed by atoms with van der Waals surface area (Å²) in [6.07, 6.45) is 0.423. The van der Waals surface area contributed by atoms with Gasteiger partial charge in [0.05, 0.1) is 5.76 Å². The number of allylic oxidation sites excluding steroid dienone is 1. The van der Waals surface area contributed by atoms with Crippen molar-refractivity contribution in [3.8, 4) is 0 Å². The van der Waals surface area contributed by atoms with Crippen LogP contribution in [0.15, 0.2) is 12.3 Å². The van der Waals surface area contributed by atoms with E-state index in [9.17, 15) is 9.59 Å². The van der Waals surface area contributed by atoms with Crippen LogP contribution in [0.4, 0.5) is 0 Å². The van der Waals surface area contributed by atoms with E-state index in [2.05, 4.69) is 11.3 Å². The van der Waals surface area contributed by atoms with Crippen LogP contribution in [0.1, 0.15) is 26.2 Å². The maximum Gasteiger partial charge on any atom is 0.310 e. The highest BCUT2D eigenvalue weighted by Crippen LogP contribution is 2.00. The summed E-state index contributed by atoms with van der Waals surface area (Å²) in [5.41, 5.74) is 0. The van der Waals surface area contributed by atoms with Gasteiger partial charge in [0, 0.05) is 12.8 Å². The third-order valence-electron chi connectivity index (χ3n) is 1.06. The summed E-state index contributed by atoms with van der Waals surface area (Å²) in [5, 5.41) is 8.24. The van der Waals surface area contributed by atoms with Gasteiger partial charge in [-0.15, -0.1) is 0 Å². The second-order valence-corrected chi connectivity index (χ2v) is 2.42. The number of carboxylic acids is 1. The van der Waals surface area contributed by atoms with Crippen LogP contribution in [-0.4, -0.2) is 17.0 Å². The highest BCUT2D eigenvalue weighted by atomic mass is 16.5. The van der Waals surface area contributed by atoms with E-state index >= 15 is 0 Å². The van der Waals surface area contributed by atoms with Crippen LogP contribution in [0.3, 0.4) is 0 Å². The zero-order chi connectivity index (χ0) is 9.56. The maximum absolute atomic E-state index is 10.8. The zero-order valence-electron chi connectivity index (χ0n) is 7.00. The van der Waals surface area contributed by atoms with Crippen LogP contribution in [0.5, 0.6) is 0 Å². The lowest BCUT2D eigenvalue weighted by molar-refractivity contribution is -0.140. The number of ether oxygens (including phenoxy) is 1. The lowest BCUT2D eigenvalue weighted by Crippen LogP contribution is -2.03. The van der Waals surface area contributed by atoms with Crippen molar-refractivity contribution in [1.82, 2.24) is 0 Å². The molecule has 0 aliphatic carbocycles. The lowest BCUT2D eigenvalue weighted by Gasteiger charge is -2.00. The Morgan fingerprint density at radius 1 is 1.42 bits per heavy atom. The van der Waals surface area contributed by atoms with Gasteiger partial charge in [0.15, 0.2) is 0 Å². The second-order valence-electron chi connectivity index (χ2n) is 2.42. The average Bonchev–Trinajstić information content (AvgIpc) is 1.84. The Morgan fingerprint density at radius 2 is 2.00 bits per heavy atom. The molecule has 0 saturated heterocycles. The molecule has 0 aromatic heterocycles. The molecule has 12 heavy (non-hydrogen) atoms. The van der Waals surface area contributed by atoms with E-state index < -0.39 is 11.9 Å². The fourth-order valence-corrected chi connectivity index (χ4v) is 0.629. The number of carboxylic acid groups (broad SMARTS) is 1. The second kappa shape index (κ2) is 5.35. The van der Waals surface area contributed by atoms with Crippen molar-refractivity contribution < 1.29 is 19.4 Å². The first kappa shape index (κ1) is 10.7. The molecule has 0 spiro atoms. The fourth-order valence-electron chi connectivity index (χ4n) is 0.629. The summed E-state index contributed by atoms with van der Waals surface area (Å²) in [7, 11) is 0. The summed E-state index contributed by atoms with van der Waals surface area (Å²) in [6, 6.07) is 0. The number of carbonyl (C=O) groups excluding carboxylic acids is 1. The number of carbonyl (C=O) groups is 2. The van der Waals surface area contributed by atoms with Crippen LogP contribution in [-0.2, 0) is 14.3 Å².